The molecular weight excluding hydrogens is 1010 g/mol. The first-order valence-corrected chi connectivity index (χ1v) is 30.4. The molecule has 9 aliphatic carbocycles. The number of fused-ring (bicyclic) bond motifs is 15. The van der Waals surface area contributed by atoms with Crippen LogP contribution in [-0.2, 0) is 30.5 Å². The Bertz CT molecular complexity index is 2630. The summed E-state index contributed by atoms with van der Waals surface area (Å²) in [7, 11) is 4.45. The largest absolute Gasteiger partial charge is 0.508 e. The second kappa shape index (κ2) is 22.2. The molecule has 0 saturated heterocycles. The van der Waals surface area contributed by atoms with Gasteiger partial charge in [0.15, 0.2) is 0 Å². The van der Waals surface area contributed by atoms with Crippen LogP contribution in [0.5, 0.6) is 17.2 Å². The Morgan fingerprint density at radius 2 is 0.775 bits per heavy atom. The fourth-order valence-electron chi connectivity index (χ4n) is 19.5. The zero-order valence-electron chi connectivity index (χ0n) is 49.3. The summed E-state index contributed by atoms with van der Waals surface area (Å²) in [5, 5.41) is 71.4. The number of hydrogen-bond acceptors (Lipinski definition) is 12. The van der Waals surface area contributed by atoms with Crippen molar-refractivity contribution >= 4 is 12.2 Å². The summed E-state index contributed by atoms with van der Waals surface area (Å²) < 4.78 is 14.7. The quantitative estimate of drug-likeness (QED) is 0.0760. The van der Waals surface area contributed by atoms with E-state index in [1.165, 1.54) is 36.5 Å². The SMILES string of the molecule is COC(=O)NC[C@@H]1CC2C3CCC(O)C3(C)CC[C@]2(C)c2ccc(O)cc21.COC(=O)NC[C@H]1CC2C3CCC(O)C3(C)CC[C@]2(C)c2ccc(O)cc21.COCNC[C@H]1CC2C3CCC(O)C3(C)CC[C@]2(C)c2ccc(O)cc21. The average molecular weight is 1110 g/mol. The number of rotatable bonds is 8. The molecule has 14 heteroatoms. The van der Waals surface area contributed by atoms with Crippen LogP contribution in [0.2, 0.25) is 0 Å². The van der Waals surface area contributed by atoms with Crippen LogP contribution >= 0.6 is 0 Å². The highest BCUT2D eigenvalue weighted by Gasteiger charge is 2.62. The lowest BCUT2D eigenvalue weighted by Gasteiger charge is -2.57. The number of aromatic hydroxyl groups is 3. The van der Waals surface area contributed by atoms with Gasteiger partial charge in [-0.3, -0.25) is 5.32 Å². The van der Waals surface area contributed by atoms with Gasteiger partial charge >= 0.3 is 12.2 Å². The number of carbonyl (C=O) groups excluding carboxylic acids is 2. The van der Waals surface area contributed by atoms with Gasteiger partial charge in [0, 0.05) is 38.6 Å². The molecule has 0 aliphatic heterocycles. The highest BCUT2D eigenvalue weighted by atomic mass is 16.5. The monoisotopic (exact) mass is 1110 g/mol. The van der Waals surface area contributed by atoms with Gasteiger partial charge in [0.25, 0.3) is 0 Å². The van der Waals surface area contributed by atoms with Crippen LogP contribution in [-0.4, -0.2) is 109 Å². The van der Waals surface area contributed by atoms with Gasteiger partial charge in [0.1, 0.15) is 17.2 Å². The van der Waals surface area contributed by atoms with Crippen LogP contribution in [0, 0.1) is 51.8 Å². The van der Waals surface area contributed by atoms with E-state index in [-0.39, 0.29) is 74.1 Å². The summed E-state index contributed by atoms with van der Waals surface area (Å²) in [6, 6.07) is 17.5. The van der Waals surface area contributed by atoms with Crippen LogP contribution in [0.3, 0.4) is 0 Å². The van der Waals surface area contributed by atoms with Gasteiger partial charge in [-0.05, 0) is 240 Å². The number of aliphatic hydroxyl groups excluding tert-OH is 3. The third-order valence-corrected chi connectivity index (χ3v) is 24.4. The Kier molecular flexibility index (Phi) is 16.3. The first kappa shape index (κ1) is 58.6. The van der Waals surface area contributed by atoms with Crippen molar-refractivity contribution in [3.8, 4) is 17.2 Å². The summed E-state index contributed by atoms with van der Waals surface area (Å²) in [5.74, 6) is 4.67. The van der Waals surface area contributed by atoms with E-state index < -0.39 is 12.2 Å². The number of aliphatic hydroxyl groups is 3. The standard InChI is InChI=1S/2C22H31NO4.C22H33NO3/c2*1-21-8-9-22(2)17(6-7-19(22)25)18(21)10-13(12-23-20(26)27-3)15-11-14(24)4-5-16(15)21;1-21-8-9-22(2)18(6-7-20(22)25)19(21)10-14(12-23-13-26-3)16-11-15(24)4-5-17(16)21/h2*4-5,11,13,17-19,24-25H,6-10,12H2,1-3H3,(H,23,26);4-5,11,14,18-20,23-25H,6-10,12-13H2,1-3H3/t13-,17?,18?,19?,21+,22?;13-,17?,18?,19?,21-,22?;14-,18?,19?,20?,21-,22?/m011/s1. The summed E-state index contributed by atoms with van der Waals surface area (Å²) in [4.78, 5) is 23.3. The number of phenolic OH excluding ortho intramolecular Hbond substituents is 3. The highest BCUT2D eigenvalue weighted by Crippen LogP contribution is 2.68. The number of methoxy groups -OCH3 is 3. The maximum atomic E-state index is 11.6. The van der Waals surface area contributed by atoms with Gasteiger partial charge in [-0.1, -0.05) is 59.7 Å². The van der Waals surface area contributed by atoms with Gasteiger partial charge < -0.3 is 55.5 Å². The molecule has 2 amide bonds. The summed E-state index contributed by atoms with van der Waals surface area (Å²) >= 11 is 0. The van der Waals surface area contributed by atoms with E-state index in [1.54, 1.807) is 19.2 Å². The van der Waals surface area contributed by atoms with E-state index in [0.29, 0.717) is 67.0 Å². The number of carbonyl (C=O) groups is 2. The fraction of sp³-hybridized carbons (Fsp3) is 0.697. The minimum absolute atomic E-state index is 0.00106. The van der Waals surface area contributed by atoms with Gasteiger partial charge in [0.05, 0.1) is 39.3 Å². The molecule has 9 N–H and O–H groups in total. The van der Waals surface area contributed by atoms with Gasteiger partial charge in [-0.25, -0.2) is 9.59 Å². The molecule has 18 atom stereocenters. The summed E-state index contributed by atoms with van der Waals surface area (Å²) in [5.41, 5.74) is 7.94. The normalized spacial score (nSPS) is 40.4. The lowest BCUT2D eigenvalue weighted by Crippen LogP contribution is -2.52. The molecule has 14 nitrogen and oxygen atoms in total. The first-order chi connectivity index (χ1) is 38.0. The Hall–Kier alpha value is -4.60. The van der Waals surface area contributed by atoms with E-state index >= 15 is 0 Å². The van der Waals surface area contributed by atoms with E-state index in [1.807, 2.05) is 24.3 Å². The number of benzene rings is 3. The molecule has 9 aliphatic rings. The Morgan fingerprint density at radius 3 is 1.07 bits per heavy atom. The molecule has 12 unspecified atom stereocenters. The molecule has 0 bridgehead atoms. The highest BCUT2D eigenvalue weighted by molar-refractivity contribution is 5.67. The second-order valence-corrected chi connectivity index (χ2v) is 27.9. The molecule has 6 saturated carbocycles. The van der Waals surface area contributed by atoms with E-state index in [2.05, 4.69) is 75.7 Å². The van der Waals surface area contributed by atoms with Crippen LogP contribution in [0.15, 0.2) is 54.6 Å². The predicted molar refractivity (Wildman–Crippen MR) is 308 cm³/mol. The van der Waals surface area contributed by atoms with Crippen molar-refractivity contribution in [1.82, 2.24) is 16.0 Å². The number of amides is 2. The van der Waals surface area contributed by atoms with Crippen LogP contribution < -0.4 is 16.0 Å². The maximum absolute atomic E-state index is 11.6. The molecule has 6 fully saturated rings. The van der Waals surface area contributed by atoms with Crippen LogP contribution in [0.25, 0.3) is 0 Å². The number of phenols is 3. The molecule has 440 valence electrons. The molecule has 0 aromatic heterocycles. The number of nitrogens with one attached hydrogen (secondary N) is 3. The number of alkyl carbamates (subject to hydrolysis) is 2. The topological polar surface area (TPSA) is 219 Å². The lowest BCUT2D eigenvalue weighted by atomic mass is 9.48. The van der Waals surface area contributed by atoms with Gasteiger partial charge in [-0.15, -0.1) is 0 Å². The average Bonchev–Trinajstić information content (AvgIpc) is 3.81. The van der Waals surface area contributed by atoms with Crippen molar-refractivity contribution in [3.05, 3.63) is 88.0 Å². The zero-order valence-corrected chi connectivity index (χ0v) is 49.3. The number of hydrogen-bond donors (Lipinski definition) is 9. The van der Waals surface area contributed by atoms with Gasteiger partial charge in [0.2, 0.25) is 0 Å². The van der Waals surface area contributed by atoms with Crippen molar-refractivity contribution in [2.24, 2.45) is 51.8 Å². The van der Waals surface area contributed by atoms with Crippen molar-refractivity contribution in [3.63, 3.8) is 0 Å². The molecular formula is C66H95N3O11. The van der Waals surface area contributed by atoms with Crippen molar-refractivity contribution < 1.29 is 54.4 Å². The van der Waals surface area contributed by atoms with Crippen molar-refractivity contribution in [2.75, 3.05) is 47.7 Å². The molecule has 0 heterocycles. The zero-order chi connectivity index (χ0) is 57.3. The molecule has 0 radical (unpaired) electrons. The number of ether oxygens (including phenoxy) is 3. The van der Waals surface area contributed by atoms with Gasteiger partial charge in [-0.2, -0.15) is 0 Å². The Balaban J connectivity index is 0.000000135. The van der Waals surface area contributed by atoms with E-state index in [0.717, 1.165) is 114 Å². The summed E-state index contributed by atoms with van der Waals surface area (Å²) in [6.07, 6.45) is 14.1. The van der Waals surface area contributed by atoms with Crippen molar-refractivity contribution in [2.45, 2.75) is 190 Å². The molecule has 3 aromatic rings. The summed E-state index contributed by atoms with van der Waals surface area (Å²) in [6.45, 7) is 16.4. The minimum Gasteiger partial charge on any atom is -0.508 e. The van der Waals surface area contributed by atoms with E-state index in [4.69, 9.17) is 14.2 Å². The molecule has 0 spiro atoms. The first-order valence-electron chi connectivity index (χ1n) is 30.4. The molecule has 3 aromatic carbocycles. The smallest absolute Gasteiger partial charge is 0.406 e. The van der Waals surface area contributed by atoms with Crippen LogP contribution in [0.4, 0.5) is 9.59 Å². The Morgan fingerprint density at radius 1 is 0.463 bits per heavy atom. The third kappa shape index (κ3) is 9.87. The van der Waals surface area contributed by atoms with Crippen LogP contribution in [0.1, 0.15) is 189 Å². The third-order valence-electron chi connectivity index (χ3n) is 24.4. The lowest BCUT2D eigenvalue weighted by molar-refractivity contribution is -0.0492. The fourth-order valence-corrected chi connectivity index (χ4v) is 19.5. The molecule has 80 heavy (non-hydrogen) atoms. The second-order valence-electron chi connectivity index (χ2n) is 27.9. The minimum atomic E-state index is -0.421. The molecule has 12 rings (SSSR count). The Labute approximate surface area is 475 Å². The maximum Gasteiger partial charge on any atom is 0.406 e. The predicted octanol–water partition coefficient (Wildman–Crippen LogP) is 10.9. The van der Waals surface area contributed by atoms with E-state index in [9.17, 15) is 40.2 Å². The van der Waals surface area contributed by atoms with Crippen molar-refractivity contribution in [1.29, 1.82) is 0 Å².